The lowest BCUT2D eigenvalue weighted by Gasteiger charge is -2.21. The zero-order valence-electron chi connectivity index (χ0n) is 7.48. The maximum absolute atomic E-state index is 2.50. The molecule has 59 valence electrons. The van der Waals surface area contributed by atoms with Gasteiger partial charge >= 0.3 is 0 Å². The fourth-order valence-electron chi connectivity index (χ4n) is 1.62. The molecule has 0 amide bonds. The van der Waals surface area contributed by atoms with E-state index in [9.17, 15) is 0 Å². The Bertz CT molecular complexity index is 103. The first-order chi connectivity index (χ1) is 4.60. The van der Waals surface area contributed by atoms with E-state index in [1.165, 1.54) is 25.7 Å². The molecule has 0 saturated heterocycles. The third-order valence-corrected chi connectivity index (χ3v) is 2.64. The molecule has 10 heavy (non-hydrogen) atoms. The molecule has 0 heteroatoms. The number of rotatable bonds is 0. The summed E-state index contributed by atoms with van der Waals surface area (Å²) in [5.41, 5.74) is 0.519. The largest absolute Gasteiger partial charge is 0.0625 e. The van der Waals surface area contributed by atoms with Crippen molar-refractivity contribution in [2.24, 2.45) is 11.3 Å². The second kappa shape index (κ2) is 2.94. The first kappa shape index (κ1) is 8.10. The van der Waals surface area contributed by atoms with E-state index in [0.29, 0.717) is 5.41 Å². The zero-order chi connectivity index (χ0) is 7.61. The lowest BCUT2D eigenvalue weighted by atomic mass is 9.85. The van der Waals surface area contributed by atoms with E-state index in [0.717, 1.165) is 5.92 Å². The van der Waals surface area contributed by atoms with Crippen molar-refractivity contribution < 1.29 is 0 Å². The predicted octanol–water partition coefficient (Wildman–Crippen LogP) is 3.43. The minimum absolute atomic E-state index is 0.519. The van der Waals surface area contributed by atoms with E-state index >= 15 is 0 Å². The highest BCUT2D eigenvalue weighted by Gasteiger charge is 2.22. The smallest absolute Gasteiger partial charge is 0.0323 e. The fourth-order valence-corrected chi connectivity index (χ4v) is 1.62. The maximum Gasteiger partial charge on any atom is -0.0323 e. The van der Waals surface area contributed by atoms with Crippen molar-refractivity contribution in [3.05, 3.63) is 6.42 Å². The Balaban J connectivity index is 2.41. The molecule has 0 spiro atoms. The van der Waals surface area contributed by atoms with Crippen molar-refractivity contribution in [2.75, 3.05) is 0 Å². The van der Waals surface area contributed by atoms with Gasteiger partial charge in [0, 0.05) is 0 Å². The molecule has 0 aliphatic heterocycles. The van der Waals surface area contributed by atoms with Crippen LogP contribution in [0, 0.1) is 17.8 Å². The molecule has 1 aliphatic carbocycles. The van der Waals surface area contributed by atoms with Crippen LogP contribution in [0.2, 0.25) is 0 Å². The lowest BCUT2D eigenvalue weighted by Crippen LogP contribution is -2.09. The Kier molecular flexibility index (Phi) is 2.38. The van der Waals surface area contributed by atoms with E-state index < -0.39 is 0 Å². The van der Waals surface area contributed by atoms with Gasteiger partial charge in [0.25, 0.3) is 0 Å². The minimum atomic E-state index is 0.519. The van der Waals surface area contributed by atoms with Crippen LogP contribution in [0.15, 0.2) is 0 Å². The standard InChI is InChI=1S/C10H19/c1-9-5-4-7-10(2,3)8-6-9/h7,9H,4-6,8H2,1-3H3. The topological polar surface area (TPSA) is 0 Å². The van der Waals surface area contributed by atoms with Gasteiger partial charge in [0.2, 0.25) is 0 Å². The zero-order valence-corrected chi connectivity index (χ0v) is 7.48. The molecule has 1 unspecified atom stereocenters. The van der Waals surface area contributed by atoms with E-state index in [-0.39, 0.29) is 0 Å². The van der Waals surface area contributed by atoms with Gasteiger partial charge in [0.05, 0.1) is 0 Å². The molecule has 0 aromatic carbocycles. The van der Waals surface area contributed by atoms with E-state index in [4.69, 9.17) is 0 Å². The van der Waals surface area contributed by atoms with Gasteiger partial charge in [-0.25, -0.2) is 0 Å². The number of hydrogen-bond acceptors (Lipinski definition) is 0. The van der Waals surface area contributed by atoms with Crippen LogP contribution in [0.1, 0.15) is 46.5 Å². The van der Waals surface area contributed by atoms with Gasteiger partial charge in [0.15, 0.2) is 0 Å². The predicted molar refractivity (Wildman–Crippen MR) is 45.7 cm³/mol. The van der Waals surface area contributed by atoms with Crippen molar-refractivity contribution in [3.63, 3.8) is 0 Å². The highest BCUT2D eigenvalue weighted by molar-refractivity contribution is 4.88. The Hall–Kier alpha value is 0. The molecule has 1 rings (SSSR count). The third kappa shape index (κ3) is 2.32. The van der Waals surface area contributed by atoms with Crippen LogP contribution in [0.25, 0.3) is 0 Å². The van der Waals surface area contributed by atoms with E-state index in [1.54, 1.807) is 0 Å². The summed E-state index contributed by atoms with van der Waals surface area (Å²) in [4.78, 5) is 0. The molecule has 1 saturated carbocycles. The van der Waals surface area contributed by atoms with Gasteiger partial charge < -0.3 is 0 Å². The molecular weight excluding hydrogens is 120 g/mol. The van der Waals surface area contributed by atoms with E-state index in [2.05, 4.69) is 27.2 Å². The van der Waals surface area contributed by atoms with Crippen molar-refractivity contribution in [1.82, 2.24) is 0 Å². The van der Waals surface area contributed by atoms with Gasteiger partial charge in [0.1, 0.15) is 0 Å². The van der Waals surface area contributed by atoms with Gasteiger partial charge in [-0.2, -0.15) is 0 Å². The number of hydrogen-bond donors (Lipinski definition) is 0. The highest BCUT2D eigenvalue weighted by Crippen LogP contribution is 2.34. The molecule has 1 aliphatic rings. The second-order valence-electron chi connectivity index (χ2n) is 4.41. The van der Waals surface area contributed by atoms with Gasteiger partial charge in [-0.3, -0.25) is 0 Å². The summed E-state index contributed by atoms with van der Waals surface area (Å²) in [5.74, 6) is 0.957. The normalized spacial score (nSPS) is 33.3. The SMILES string of the molecule is CC1CC[CH]C(C)(C)CC1. The lowest BCUT2D eigenvalue weighted by molar-refractivity contribution is 0.377. The molecule has 0 bridgehead atoms. The van der Waals surface area contributed by atoms with Gasteiger partial charge in [-0.1, -0.05) is 33.6 Å². The van der Waals surface area contributed by atoms with Crippen LogP contribution in [-0.4, -0.2) is 0 Å². The molecule has 0 heterocycles. The molecule has 0 nitrogen and oxygen atoms in total. The van der Waals surface area contributed by atoms with Crippen LogP contribution in [-0.2, 0) is 0 Å². The molecule has 0 N–H and O–H groups in total. The van der Waals surface area contributed by atoms with E-state index in [1.807, 2.05) is 0 Å². The summed E-state index contributed by atoms with van der Waals surface area (Å²) in [7, 11) is 0. The average Bonchev–Trinajstić information content (AvgIpc) is 1.94. The van der Waals surface area contributed by atoms with Crippen LogP contribution < -0.4 is 0 Å². The van der Waals surface area contributed by atoms with Crippen LogP contribution in [0.3, 0.4) is 0 Å². The molecule has 0 aromatic rings. The second-order valence-corrected chi connectivity index (χ2v) is 4.41. The monoisotopic (exact) mass is 139 g/mol. The Labute approximate surface area is 65.0 Å². The van der Waals surface area contributed by atoms with Crippen molar-refractivity contribution in [2.45, 2.75) is 46.5 Å². The van der Waals surface area contributed by atoms with Gasteiger partial charge in [-0.15, -0.1) is 0 Å². The molecule has 0 aromatic heterocycles. The van der Waals surface area contributed by atoms with Gasteiger partial charge in [-0.05, 0) is 30.6 Å². The molecule has 1 atom stereocenters. The molecule has 1 fully saturated rings. The van der Waals surface area contributed by atoms with Crippen molar-refractivity contribution in [3.8, 4) is 0 Å². The summed E-state index contributed by atoms with van der Waals surface area (Å²) in [5, 5.41) is 0. The minimum Gasteiger partial charge on any atom is -0.0625 e. The fraction of sp³-hybridized carbons (Fsp3) is 0.900. The summed E-state index contributed by atoms with van der Waals surface area (Å²) < 4.78 is 0. The highest BCUT2D eigenvalue weighted by atomic mass is 14.3. The van der Waals surface area contributed by atoms with Crippen LogP contribution in [0.5, 0.6) is 0 Å². The summed E-state index contributed by atoms with van der Waals surface area (Å²) in [6.45, 7) is 7.07. The first-order valence-corrected chi connectivity index (χ1v) is 4.44. The quantitative estimate of drug-likeness (QED) is 0.451. The molecular formula is C10H19. The van der Waals surface area contributed by atoms with Crippen molar-refractivity contribution >= 4 is 0 Å². The molecule has 1 radical (unpaired) electrons. The maximum atomic E-state index is 2.50. The third-order valence-electron chi connectivity index (χ3n) is 2.64. The van der Waals surface area contributed by atoms with Crippen LogP contribution in [0.4, 0.5) is 0 Å². The Morgan fingerprint density at radius 2 is 2.00 bits per heavy atom. The first-order valence-electron chi connectivity index (χ1n) is 4.44. The summed E-state index contributed by atoms with van der Waals surface area (Å²) >= 11 is 0. The van der Waals surface area contributed by atoms with Crippen molar-refractivity contribution in [1.29, 1.82) is 0 Å². The summed E-state index contributed by atoms with van der Waals surface area (Å²) in [6, 6.07) is 0. The summed E-state index contributed by atoms with van der Waals surface area (Å²) in [6.07, 6.45) is 8.03. The van der Waals surface area contributed by atoms with Crippen LogP contribution >= 0.6 is 0 Å². The average molecular weight is 139 g/mol. The Morgan fingerprint density at radius 3 is 2.70 bits per heavy atom. The Morgan fingerprint density at radius 1 is 1.30 bits per heavy atom.